The number of fused-ring (bicyclic) bond motifs is 1. The number of ketones is 1. The first-order chi connectivity index (χ1) is 12.2. The van der Waals surface area contributed by atoms with Gasteiger partial charge in [0.15, 0.2) is 0 Å². The Morgan fingerprint density at radius 1 is 1.12 bits per heavy atom. The smallest absolute Gasteiger partial charge is 0.137 e. The zero-order chi connectivity index (χ0) is 18.9. The third-order valence-electron chi connectivity index (χ3n) is 4.99. The molecular formula is C23H28FNO. The van der Waals surface area contributed by atoms with Gasteiger partial charge in [-0.25, -0.2) is 4.39 Å². The summed E-state index contributed by atoms with van der Waals surface area (Å²) >= 11 is 0. The molecule has 0 N–H and O–H groups in total. The van der Waals surface area contributed by atoms with Gasteiger partial charge in [-0.3, -0.25) is 4.79 Å². The zero-order valence-electron chi connectivity index (χ0n) is 16.2. The lowest BCUT2D eigenvalue weighted by Crippen LogP contribution is -2.30. The molecule has 0 aromatic heterocycles. The van der Waals surface area contributed by atoms with Gasteiger partial charge in [-0.15, -0.1) is 0 Å². The molecule has 1 aliphatic heterocycles. The van der Waals surface area contributed by atoms with Gasteiger partial charge in [-0.2, -0.15) is 0 Å². The maximum absolute atomic E-state index is 13.4. The molecule has 2 nitrogen and oxygen atoms in total. The fraction of sp³-hybridized carbons (Fsp3) is 0.435. The summed E-state index contributed by atoms with van der Waals surface area (Å²) in [5.74, 6) is 0.139. The van der Waals surface area contributed by atoms with Gasteiger partial charge >= 0.3 is 0 Å². The fourth-order valence-electron chi connectivity index (χ4n) is 3.68. The van der Waals surface area contributed by atoms with E-state index in [2.05, 4.69) is 50.8 Å². The number of benzene rings is 2. The van der Waals surface area contributed by atoms with Gasteiger partial charge in [0.2, 0.25) is 0 Å². The van der Waals surface area contributed by atoms with Crippen molar-refractivity contribution in [2.45, 2.75) is 53.5 Å². The van der Waals surface area contributed by atoms with Crippen LogP contribution in [-0.2, 0) is 24.2 Å². The van der Waals surface area contributed by atoms with Crippen LogP contribution in [0.5, 0.6) is 0 Å². The molecule has 1 heterocycles. The molecule has 0 fully saturated rings. The second-order valence-corrected chi connectivity index (χ2v) is 8.65. The van der Waals surface area contributed by atoms with E-state index in [9.17, 15) is 9.18 Å². The summed E-state index contributed by atoms with van der Waals surface area (Å²) in [6, 6.07) is 11.5. The minimum absolute atomic E-state index is 0.0333. The molecule has 0 atom stereocenters. The van der Waals surface area contributed by atoms with Crippen molar-refractivity contribution >= 4 is 11.5 Å². The van der Waals surface area contributed by atoms with Crippen LogP contribution in [0, 0.1) is 18.2 Å². The van der Waals surface area contributed by atoms with Crippen molar-refractivity contribution in [1.82, 2.24) is 0 Å². The minimum atomic E-state index is -0.155. The van der Waals surface area contributed by atoms with Crippen molar-refractivity contribution in [3.63, 3.8) is 0 Å². The molecular weight excluding hydrogens is 325 g/mol. The normalized spacial score (nSPS) is 14.3. The van der Waals surface area contributed by atoms with Crippen molar-refractivity contribution < 1.29 is 9.18 Å². The Bertz CT molecular complexity index is 819. The van der Waals surface area contributed by atoms with Gasteiger partial charge in [0, 0.05) is 31.6 Å². The van der Waals surface area contributed by atoms with E-state index in [4.69, 9.17) is 0 Å². The predicted molar refractivity (Wildman–Crippen MR) is 105 cm³/mol. The molecule has 0 amide bonds. The topological polar surface area (TPSA) is 20.3 Å². The number of hydrogen-bond acceptors (Lipinski definition) is 2. The number of Topliss-reactive ketones (excluding diaryl/α,β-unsaturated/α-hetero) is 1. The van der Waals surface area contributed by atoms with Gasteiger partial charge in [0.25, 0.3) is 0 Å². The number of halogens is 1. The van der Waals surface area contributed by atoms with Crippen LogP contribution >= 0.6 is 0 Å². The zero-order valence-corrected chi connectivity index (χ0v) is 16.2. The van der Waals surface area contributed by atoms with E-state index in [1.807, 2.05) is 6.07 Å². The third-order valence-corrected chi connectivity index (χ3v) is 4.99. The third kappa shape index (κ3) is 4.51. The van der Waals surface area contributed by atoms with Gasteiger partial charge < -0.3 is 4.90 Å². The molecule has 138 valence electrons. The van der Waals surface area contributed by atoms with E-state index in [1.54, 1.807) is 6.07 Å². The van der Waals surface area contributed by atoms with Gasteiger partial charge in [0.05, 0.1) is 0 Å². The van der Waals surface area contributed by atoms with E-state index in [0.29, 0.717) is 18.6 Å². The summed E-state index contributed by atoms with van der Waals surface area (Å²) in [5.41, 5.74) is 5.79. The van der Waals surface area contributed by atoms with Crippen molar-refractivity contribution in [2.75, 3.05) is 11.4 Å². The number of hydrogen-bond donors (Lipinski definition) is 0. The van der Waals surface area contributed by atoms with Crippen molar-refractivity contribution in [3.8, 4) is 0 Å². The largest absolute Gasteiger partial charge is 0.367 e. The van der Waals surface area contributed by atoms with Crippen LogP contribution in [0.3, 0.4) is 0 Å². The molecule has 2 aromatic carbocycles. The Morgan fingerprint density at radius 2 is 1.88 bits per heavy atom. The summed E-state index contributed by atoms with van der Waals surface area (Å²) in [7, 11) is 0. The van der Waals surface area contributed by atoms with Crippen LogP contribution in [0.25, 0.3) is 0 Å². The first kappa shape index (κ1) is 18.6. The lowest BCUT2D eigenvalue weighted by molar-refractivity contribution is -0.120. The molecule has 0 saturated carbocycles. The second-order valence-electron chi connectivity index (χ2n) is 8.65. The molecule has 26 heavy (non-hydrogen) atoms. The Labute approximate surface area is 156 Å². The molecule has 3 heteroatoms. The maximum Gasteiger partial charge on any atom is 0.137 e. The SMILES string of the molecule is Cc1cc(N2CCc3cc(F)ccc3C2)ccc1CC(=O)CC(C)(C)C. The summed E-state index contributed by atoms with van der Waals surface area (Å²) in [4.78, 5) is 14.6. The Hall–Kier alpha value is -2.16. The number of carbonyl (C=O) groups is 1. The average molecular weight is 353 g/mol. The standard InChI is InChI=1S/C23H28FNO/c1-16-11-21(8-6-17(16)13-22(26)14-23(2,3)4)25-10-9-18-12-20(24)7-5-19(18)15-25/h5-8,11-12H,9-10,13-15H2,1-4H3. The van der Waals surface area contributed by atoms with Crippen LogP contribution in [-0.4, -0.2) is 12.3 Å². The van der Waals surface area contributed by atoms with Crippen molar-refractivity contribution in [1.29, 1.82) is 0 Å². The van der Waals surface area contributed by atoms with Crippen LogP contribution in [0.1, 0.15) is 49.4 Å². The molecule has 0 saturated heterocycles. The quantitative estimate of drug-likeness (QED) is 0.749. The van der Waals surface area contributed by atoms with Gasteiger partial charge in [0.1, 0.15) is 11.6 Å². The van der Waals surface area contributed by atoms with E-state index >= 15 is 0 Å². The molecule has 0 unspecified atom stereocenters. The highest BCUT2D eigenvalue weighted by Gasteiger charge is 2.19. The van der Waals surface area contributed by atoms with Crippen LogP contribution < -0.4 is 4.90 Å². The Balaban J connectivity index is 1.72. The van der Waals surface area contributed by atoms with E-state index in [1.165, 1.54) is 17.3 Å². The number of rotatable bonds is 4. The molecule has 0 radical (unpaired) electrons. The van der Waals surface area contributed by atoms with E-state index in [0.717, 1.165) is 36.2 Å². The Kier molecular flexibility index (Phi) is 5.17. The van der Waals surface area contributed by atoms with E-state index < -0.39 is 0 Å². The lowest BCUT2D eigenvalue weighted by Gasteiger charge is -2.31. The van der Waals surface area contributed by atoms with Crippen LogP contribution in [0.15, 0.2) is 36.4 Å². The van der Waals surface area contributed by atoms with Crippen LogP contribution in [0.2, 0.25) is 0 Å². The average Bonchev–Trinajstić information content (AvgIpc) is 2.54. The highest BCUT2D eigenvalue weighted by Crippen LogP contribution is 2.27. The summed E-state index contributed by atoms with van der Waals surface area (Å²) in [6.07, 6.45) is 1.97. The van der Waals surface area contributed by atoms with Gasteiger partial charge in [-0.05, 0) is 65.3 Å². The molecule has 1 aliphatic rings. The monoisotopic (exact) mass is 353 g/mol. The highest BCUT2D eigenvalue weighted by molar-refractivity contribution is 5.82. The summed E-state index contributed by atoms with van der Waals surface area (Å²) in [6.45, 7) is 10.1. The van der Waals surface area contributed by atoms with Crippen LogP contribution in [0.4, 0.5) is 10.1 Å². The van der Waals surface area contributed by atoms with Gasteiger partial charge in [-0.1, -0.05) is 32.9 Å². The summed E-state index contributed by atoms with van der Waals surface area (Å²) in [5, 5.41) is 0. The molecule has 0 aliphatic carbocycles. The predicted octanol–water partition coefficient (Wildman–Crippen LogP) is 5.24. The first-order valence-electron chi connectivity index (χ1n) is 9.35. The first-order valence-corrected chi connectivity index (χ1v) is 9.35. The molecule has 0 spiro atoms. The molecule has 2 aromatic rings. The summed E-state index contributed by atoms with van der Waals surface area (Å²) < 4.78 is 13.4. The fourth-order valence-corrected chi connectivity index (χ4v) is 3.68. The number of carbonyl (C=O) groups excluding carboxylic acids is 1. The maximum atomic E-state index is 13.4. The molecule has 3 rings (SSSR count). The van der Waals surface area contributed by atoms with Crippen molar-refractivity contribution in [2.24, 2.45) is 5.41 Å². The number of aryl methyl sites for hydroxylation is 1. The second kappa shape index (κ2) is 7.22. The lowest BCUT2D eigenvalue weighted by atomic mass is 9.87. The highest BCUT2D eigenvalue weighted by atomic mass is 19.1. The number of anilines is 1. The van der Waals surface area contributed by atoms with E-state index in [-0.39, 0.29) is 11.2 Å². The van der Waals surface area contributed by atoms with Crippen molar-refractivity contribution in [3.05, 3.63) is 64.5 Å². The number of nitrogens with zero attached hydrogens (tertiary/aromatic N) is 1. The Morgan fingerprint density at radius 3 is 2.58 bits per heavy atom. The molecule has 0 bridgehead atoms. The minimum Gasteiger partial charge on any atom is -0.367 e.